The van der Waals surface area contributed by atoms with E-state index in [-0.39, 0.29) is 0 Å². The van der Waals surface area contributed by atoms with Gasteiger partial charge >= 0.3 is 0 Å². The van der Waals surface area contributed by atoms with Crippen LogP contribution in [0.15, 0.2) is 18.2 Å². The van der Waals surface area contributed by atoms with Gasteiger partial charge in [-0.1, -0.05) is 30.0 Å². The highest BCUT2D eigenvalue weighted by molar-refractivity contribution is 8.22. The van der Waals surface area contributed by atoms with Crippen LogP contribution in [0.2, 0.25) is 0 Å². The lowest BCUT2D eigenvalue weighted by atomic mass is 10.2. The number of methoxy groups -OCH3 is 2. The normalized spacial score (nSPS) is 9.73. The Bertz CT molecular complexity index is 355. The monoisotopic (exact) mass is 243 g/mol. The number of thiocarbonyl (C=S) groups is 1. The molecule has 0 bridgehead atoms. The Morgan fingerprint density at radius 2 is 2.13 bits per heavy atom. The molecule has 15 heavy (non-hydrogen) atoms. The molecule has 0 aliphatic heterocycles. The molecular formula is C10H13NO2S2. The number of hydrogen-bond acceptors (Lipinski definition) is 4. The van der Waals surface area contributed by atoms with Crippen LogP contribution in [0.25, 0.3) is 0 Å². The van der Waals surface area contributed by atoms with Crippen molar-refractivity contribution in [2.75, 3.05) is 14.2 Å². The molecule has 0 aromatic heterocycles. The molecule has 2 N–H and O–H groups in total. The molecule has 1 aromatic carbocycles. The van der Waals surface area contributed by atoms with Gasteiger partial charge in [0.1, 0.15) is 15.8 Å². The Balaban J connectivity index is 2.82. The van der Waals surface area contributed by atoms with E-state index in [1.807, 2.05) is 18.2 Å². The maximum Gasteiger partial charge on any atom is 0.131 e. The molecule has 0 fully saturated rings. The summed E-state index contributed by atoms with van der Waals surface area (Å²) in [5.41, 5.74) is 6.47. The van der Waals surface area contributed by atoms with Gasteiger partial charge < -0.3 is 15.2 Å². The second-order valence-corrected chi connectivity index (χ2v) is 4.50. The number of ether oxygens (including phenoxy) is 2. The summed E-state index contributed by atoms with van der Waals surface area (Å²) in [4.78, 5) is 0. The van der Waals surface area contributed by atoms with E-state index in [1.165, 1.54) is 11.8 Å². The van der Waals surface area contributed by atoms with Gasteiger partial charge in [0.2, 0.25) is 0 Å². The Labute approximate surface area is 98.9 Å². The molecule has 82 valence electrons. The van der Waals surface area contributed by atoms with Crippen molar-refractivity contribution in [3.05, 3.63) is 23.8 Å². The molecule has 0 unspecified atom stereocenters. The number of hydrogen-bond donors (Lipinski definition) is 1. The van der Waals surface area contributed by atoms with Crippen LogP contribution in [0.5, 0.6) is 11.5 Å². The summed E-state index contributed by atoms with van der Waals surface area (Å²) < 4.78 is 10.8. The van der Waals surface area contributed by atoms with E-state index in [4.69, 9.17) is 27.4 Å². The summed E-state index contributed by atoms with van der Waals surface area (Å²) in [5.74, 6) is 2.27. The van der Waals surface area contributed by atoms with Crippen LogP contribution in [0, 0.1) is 0 Å². The van der Waals surface area contributed by atoms with Crippen molar-refractivity contribution in [2.24, 2.45) is 5.73 Å². The topological polar surface area (TPSA) is 44.5 Å². The summed E-state index contributed by atoms with van der Waals surface area (Å²) in [6.45, 7) is 0. The summed E-state index contributed by atoms with van der Waals surface area (Å²) >= 11 is 6.21. The van der Waals surface area contributed by atoms with E-state index >= 15 is 0 Å². The van der Waals surface area contributed by atoms with Gasteiger partial charge in [0, 0.05) is 17.4 Å². The van der Waals surface area contributed by atoms with Crippen molar-refractivity contribution in [1.29, 1.82) is 0 Å². The molecule has 0 amide bonds. The van der Waals surface area contributed by atoms with E-state index in [0.717, 1.165) is 17.1 Å². The van der Waals surface area contributed by atoms with Gasteiger partial charge in [-0.15, -0.1) is 0 Å². The first-order valence-corrected chi connectivity index (χ1v) is 5.70. The van der Waals surface area contributed by atoms with Crippen LogP contribution in [-0.2, 0) is 5.75 Å². The summed E-state index contributed by atoms with van der Waals surface area (Å²) in [6, 6.07) is 5.68. The zero-order valence-corrected chi connectivity index (χ0v) is 10.3. The molecule has 0 spiro atoms. The first kappa shape index (κ1) is 12.1. The van der Waals surface area contributed by atoms with Crippen LogP contribution >= 0.6 is 24.0 Å². The van der Waals surface area contributed by atoms with Gasteiger partial charge in [-0.2, -0.15) is 0 Å². The van der Waals surface area contributed by atoms with E-state index in [9.17, 15) is 0 Å². The van der Waals surface area contributed by atoms with Crippen molar-refractivity contribution >= 4 is 28.3 Å². The highest BCUT2D eigenvalue weighted by Crippen LogP contribution is 2.27. The highest BCUT2D eigenvalue weighted by atomic mass is 32.2. The van der Waals surface area contributed by atoms with Gasteiger partial charge in [0.15, 0.2) is 0 Å². The zero-order chi connectivity index (χ0) is 11.3. The minimum Gasteiger partial charge on any atom is -0.497 e. The zero-order valence-electron chi connectivity index (χ0n) is 8.65. The molecule has 3 nitrogen and oxygen atoms in total. The molecular weight excluding hydrogens is 230 g/mol. The SMILES string of the molecule is COc1ccc(CSC(N)=S)c(OC)c1. The average molecular weight is 243 g/mol. The molecule has 1 rings (SSSR count). The predicted octanol–water partition coefficient (Wildman–Crippen LogP) is 2.18. The van der Waals surface area contributed by atoms with Crippen molar-refractivity contribution in [3.63, 3.8) is 0 Å². The van der Waals surface area contributed by atoms with Gasteiger partial charge in [-0.25, -0.2) is 0 Å². The Morgan fingerprint density at radius 1 is 1.40 bits per heavy atom. The van der Waals surface area contributed by atoms with E-state index < -0.39 is 0 Å². The minimum absolute atomic E-state index is 0.438. The lowest BCUT2D eigenvalue weighted by Crippen LogP contribution is -2.02. The lowest BCUT2D eigenvalue weighted by Gasteiger charge is -2.09. The van der Waals surface area contributed by atoms with E-state index in [1.54, 1.807) is 14.2 Å². The van der Waals surface area contributed by atoms with Crippen LogP contribution < -0.4 is 15.2 Å². The predicted molar refractivity (Wildman–Crippen MR) is 67.6 cm³/mol. The largest absolute Gasteiger partial charge is 0.497 e. The number of thioether (sulfide) groups is 1. The van der Waals surface area contributed by atoms with Gasteiger partial charge in [0.25, 0.3) is 0 Å². The number of benzene rings is 1. The molecule has 0 heterocycles. The van der Waals surface area contributed by atoms with Crippen molar-refractivity contribution in [3.8, 4) is 11.5 Å². The third-order valence-corrected chi connectivity index (χ3v) is 2.96. The van der Waals surface area contributed by atoms with Crippen molar-refractivity contribution in [1.82, 2.24) is 0 Å². The van der Waals surface area contributed by atoms with Crippen LogP contribution in [-0.4, -0.2) is 18.5 Å². The fourth-order valence-corrected chi connectivity index (χ4v) is 1.83. The first-order valence-electron chi connectivity index (χ1n) is 4.30. The maximum atomic E-state index is 5.42. The second-order valence-electron chi connectivity index (χ2n) is 2.79. The van der Waals surface area contributed by atoms with Gasteiger partial charge in [0.05, 0.1) is 14.2 Å². The molecule has 0 saturated heterocycles. The molecule has 0 radical (unpaired) electrons. The van der Waals surface area contributed by atoms with Gasteiger partial charge in [-0.3, -0.25) is 0 Å². The first-order chi connectivity index (χ1) is 7.17. The standard InChI is InChI=1S/C10H13NO2S2/c1-12-8-4-3-7(6-15-10(11)14)9(5-8)13-2/h3-5H,6H2,1-2H3,(H2,11,14). The quantitative estimate of drug-likeness (QED) is 0.821. The van der Waals surface area contributed by atoms with Crippen LogP contribution in [0.4, 0.5) is 0 Å². The van der Waals surface area contributed by atoms with Crippen LogP contribution in [0.3, 0.4) is 0 Å². The molecule has 0 saturated carbocycles. The smallest absolute Gasteiger partial charge is 0.131 e. The number of nitrogens with two attached hydrogens (primary N) is 1. The third kappa shape index (κ3) is 3.60. The molecule has 0 atom stereocenters. The van der Waals surface area contributed by atoms with Crippen molar-refractivity contribution < 1.29 is 9.47 Å². The second kappa shape index (κ2) is 5.82. The van der Waals surface area contributed by atoms with E-state index in [0.29, 0.717) is 10.1 Å². The summed E-state index contributed by atoms with van der Waals surface area (Å²) in [6.07, 6.45) is 0. The molecule has 0 aliphatic carbocycles. The molecule has 1 aromatic rings. The Kier molecular flexibility index (Phi) is 4.71. The maximum absolute atomic E-state index is 5.42. The van der Waals surface area contributed by atoms with Gasteiger partial charge in [-0.05, 0) is 6.07 Å². The summed E-state index contributed by atoms with van der Waals surface area (Å²) in [7, 11) is 3.25. The molecule has 0 aliphatic rings. The lowest BCUT2D eigenvalue weighted by molar-refractivity contribution is 0.392. The highest BCUT2D eigenvalue weighted by Gasteiger charge is 2.05. The Hall–Kier alpha value is -0.940. The fourth-order valence-electron chi connectivity index (χ4n) is 1.12. The third-order valence-electron chi connectivity index (χ3n) is 1.86. The van der Waals surface area contributed by atoms with Crippen molar-refractivity contribution in [2.45, 2.75) is 5.75 Å². The van der Waals surface area contributed by atoms with Crippen LogP contribution in [0.1, 0.15) is 5.56 Å². The number of rotatable bonds is 4. The molecule has 5 heteroatoms. The fraction of sp³-hybridized carbons (Fsp3) is 0.300. The average Bonchev–Trinajstić information content (AvgIpc) is 2.25. The minimum atomic E-state index is 0.438. The Morgan fingerprint density at radius 3 is 2.67 bits per heavy atom. The van der Waals surface area contributed by atoms with E-state index in [2.05, 4.69) is 0 Å². The summed E-state index contributed by atoms with van der Waals surface area (Å²) in [5, 5.41) is 0.